The van der Waals surface area contributed by atoms with Gasteiger partial charge in [0.2, 0.25) is 11.8 Å². The van der Waals surface area contributed by atoms with Gasteiger partial charge >= 0.3 is 0 Å². The molecule has 1 atom stereocenters. The van der Waals surface area contributed by atoms with Crippen molar-refractivity contribution >= 4 is 11.8 Å². The van der Waals surface area contributed by atoms with Gasteiger partial charge < -0.3 is 15.5 Å². The normalized spacial score (nSPS) is 17.0. The average molecular weight is 289 g/mol. The van der Waals surface area contributed by atoms with Crippen molar-refractivity contribution in [3.63, 3.8) is 0 Å². The lowest BCUT2D eigenvalue weighted by Gasteiger charge is -2.26. The van der Waals surface area contributed by atoms with Crippen molar-refractivity contribution < 1.29 is 9.59 Å². The van der Waals surface area contributed by atoms with Crippen molar-refractivity contribution in [1.29, 1.82) is 0 Å². The van der Waals surface area contributed by atoms with E-state index in [1.54, 1.807) is 4.90 Å². The van der Waals surface area contributed by atoms with Crippen LogP contribution in [0.4, 0.5) is 0 Å². The van der Waals surface area contributed by atoms with E-state index in [1.807, 2.05) is 26.0 Å². The highest BCUT2D eigenvalue weighted by atomic mass is 16.2. The van der Waals surface area contributed by atoms with Gasteiger partial charge in [-0.2, -0.15) is 0 Å². The Morgan fingerprint density at radius 3 is 2.57 bits per heavy atom. The molecule has 0 aliphatic carbocycles. The molecule has 5 heteroatoms. The van der Waals surface area contributed by atoms with Gasteiger partial charge in [0.25, 0.3) is 0 Å². The molecule has 0 fully saturated rings. The third-order valence-electron chi connectivity index (χ3n) is 3.93. The van der Waals surface area contributed by atoms with Crippen molar-refractivity contribution in [2.75, 3.05) is 19.6 Å². The molecule has 2 amide bonds. The molecule has 0 saturated carbocycles. The Kier molecular flexibility index (Phi) is 5.33. The van der Waals surface area contributed by atoms with Crippen molar-refractivity contribution in [2.45, 2.75) is 32.9 Å². The zero-order chi connectivity index (χ0) is 15.2. The number of hydrogen-bond acceptors (Lipinski definition) is 3. The molecule has 2 rings (SSSR count). The molecule has 0 aromatic heterocycles. The molecular formula is C16H23N3O2. The summed E-state index contributed by atoms with van der Waals surface area (Å²) in [5, 5.41) is 5.96. The van der Waals surface area contributed by atoms with Crippen LogP contribution in [0.1, 0.15) is 25.0 Å². The number of fused-ring (bicyclic) bond motifs is 1. The van der Waals surface area contributed by atoms with Crippen LogP contribution in [0.3, 0.4) is 0 Å². The molecule has 2 N–H and O–H groups in total. The fraction of sp³-hybridized carbons (Fsp3) is 0.500. The Morgan fingerprint density at radius 2 is 1.90 bits per heavy atom. The van der Waals surface area contributed by atoms with Gasteiger partial charge in [-0.15, -0.1) is 0 Å². The van der Waals surface area contributed by atoms with Crippen LogP contribution in [0.2, 0.25) is 0 Å². The molecular weight excluding hydrogens is 266 g/mol. The Labute approximate surface area is 125 Å². The van der Waals surface area contributed by atoms with Gasteiger partial charge in [0.05, 0.1) is 12.6 Å². The number of rotatable bonds is 5. The second kappa shape index (κ2) is 7.22. The fourth-order valence-corrected chi connectivity index (χ4v) is 2.61. The summed E-state index contributed by atoms with van der Waals surface area (Å²) in [5.74, 6) is -0.144. The maximum atomic E-state index is 12.2. The minimum absolute atomic E-state index is 0.0374. The van der Waals surface area contributed by atoms with E-state index in [1.165, 1.54) is 11.1 Å². The van der Waals surface area contributed by atoms with Crippen LogP contribution in [0.25, 0.3) is 0 Å². The summed E-state index contributed by atoms with van der Waals surface area (Å²) >= 11 is 0. The Bertz CT molecular complexity index is 512. The van der Waals surface area contributed by atoms with Gasteiger partial charge in [-0.3, -0.25) is 9.59 Å². The smallest absolute Gasteiger partial charge is 0.241 e. The van der Waals surface area contributed by atoms with E-state index in [0.29, 0.717) is 26.1 Å². The average Bonchev–Trinajstić information content (AvgIpc) is 2.53. The van der Waals surface area contributed by atoms with Crippen molar-refractivity contribution in [1.82, 2.24) is 15.5 Å². The molecule has 0 radical (unpaired) electrons. The second-order valence-electron chi connectivity index (χ2n) is 5.19. The minimum atomic E-state index is -0.260. The Balaban J connectivity index is 1.86. The number of nitrogens with zero attached hydrogens (tertiary/aromatic N) is 1. The number of likely N-dealkylation sites (N-methyl/N-ethyl adjacent to an activating group) is 1. The quantitative estimate of drug-likeness (QED) is 0.838. The molecule has 1 aromatic rings. The summed E-state index contributed by atoms with van der Waals surface area (Å²) in [6.07, 6.45) is 0.668. The summed E-state index contributed by atoms with van der Waals surface area (Å²) < 4.78 is 0. The van der Waals surface area contributed by atoms with E-state index in [9.17, 15) is 9.59 Å². The lowest BCUT2D eigenvalue weighted by molar-refractivity contribution is -0.133. The van der Waals surface area contributed by atoms with Crippen molar-refractivity contribution in [3.8, 4) is 0 Å². The van der Waals surface area contributed by atoms with E-state index >= 15 is 0 Å². The van der Waals surface area contributed by atoms with Crippen LogP contribution in [-0.2, 0) is 22.6 Å². The van der Waals surface area contributed by atoms with E-state index < -0.39 is 0 Å². The second-order valence-corrected chi connectivity index (χ2v) is 5.19. The first kappa shape index (κ1) is 15.5. The molecule has 21 heavy (non-hydrogen) atoms. The van der Waals surface area contributed by atoms with E-state index in [2.05, 4.69) is 22.8 Å². The summed E-state index contributed by atoms with van der Waals surface area (Å²) in [6, 6.07) is 7.86. The lowest BCUT2D eigenvalue weighted by atomic mass is 9.95. The summed E-state index contributed by atoms with van der Waals surface area (Å²) in [6.45, 7) is 5.96. The number of nitrogens with one attached hydrogen (secondary N) is 2. The molecule has 0 saturated heterocycles. The van der Waals surface area contributed by atoms with Gasteiger partial charge in [0, 0.05) is 19.6 Å². The van der Waals surface area contributed by atoms with E-state index in [0.717, 1.165) is 0 Å². The lowest BCUT2D eigenvalue weighted by Crippen LogP contribution is -2.50. The molecule has 114 valence electrons. The van der Waals surface area contributed by atoms with E-state index in [4.69, 9.17) is 0 Å². The largest absolute Gasteiger partial charge is 0.346 e. The highest BCUT2D eigenvalue weighted by Crippen LogP contribution is 2.16. The third kappa shape index (κ3) is 3.82. The number of amides is 2. The molecule has 5 nitrogen and oxygen atoms in total. The van der Waals surface area contributed by atoms with Gasteiger partial charge in [-0.25, -0.2) is 0 Å². The van der Waals surface area contributed by atoms with Gasteiger partial charge in [-0.05, 0) is 31.4 Å². The molecule has 1 heterocycles. The SMILES string of the molecule is CCN(CC)C(=O)CNC(=O)C1Cc2ccccc2CN1. The van der Waals surface area contributed by atoms with Crippen LogP contribution >= 0.6 is 0 Å². The Morgan fingerprint density at radius 1 is 1.24 bits per heavy atom. The first-order chi connectivity index (χ1) is 10.2. The van der Waals surface area contributed by atoms with Crippen LogP contribution in [-0.4, -0.2) is 42.4 Å². The number of carbonyl (C=O) groups is 2. The Hall–Kier alpha value is -1.88. The van der Waals surface area contributed by atoms with Crippen LogP contribution < -0.4 is 10.6 Å². The van der Waals surface area contributed by atoms with Gasteiger partial charge in [0.1, 0.15) is 0 Å². The molecule has 1 aliphatic heterocycles. The van der Waals surface area contributed by atoms with Crippen LogP contribution in [0, 0.1) is 0 Å². The van der Waals surface area contributed by atoms with Gasteiger partial charge in [-0.1, -0.05) is 24.3 Å². The van der Waals surface area contributed by atoms with E-state index in [-0.39, 0.29) is 24.4 Å². The predicted molar refractivity (Wildman–Crippen MR) is 81.7 cm³/mol. The molecule has 0 spiro atoms. The highest BCUT2D eigenvalue weighted by Gasteiger charge is 2.24. The van der Waals surface area contributed by atoms with Gasteiger partial charge in [0.15, 0.2) is 0 Å². The summed E-state index contributed by atoms with van der Waals surface area (Å²) in [4.78, 5) is 25.8. The zero-order valence-electron chi connectivity index (χ0n) is 12.7. The topological polar surface area (TPSA) is 61.4 Å². The molecule has 1 aliphatic rings. The first-order valence-electron chi connectivity index (χ1n) is 7.51. The minimum Gasteiger partial charge on any atom is -0.346 e. The van der Waals surface area contributed by atoms with Crippen LogP contribution in [0.15, 0.2) is 24.3 Å². The number of hydrogen-bond donors (Lipinski definition) is 2. The standard InChI is InChI=1S/C16H23N3O2/c1-3-19(4-2)15(20)11-18-16(21)14-9-12-7-5-6-8-13(12)10-17-14/h5-8,14,17H,3-4,9-11H2,1-2H3,(H,18,21). The molecule has 1 aromatic carbocycles. The zero-order valence-corrected chi connectivity index (χ0v) is 12.7. The number of carbonyl (C=O) groups excluding carboxylic acids is 2. The monoisotopic (exact) mass is 289 g/mol. The predicted octanol–water partition coefficient (Wildman–Crippen LogP) is 0.686. The fourth-order valence-electron chi connectivity index (χ4n) is 2.61. The highest BCUT2D eigenvalue weighted by molar-refractivity contribution is 5.87. The maximum Gasteiger partial charge on any atom is 0.241 e. The third-order valence-corrected chi connectivity index (χ3v) is 3.93. The summed E-state index contributed by atoms with van der Waals surface area (Å²) in [5.41, 5.74) is 2.44. The summed E-state index contributed by atoms with van der Waals surface area (Å²) in [7, 11) is 0. The molecule has 1 unspecified atom stereocenters. The molecule has 0 bridgehead atoms. The first-order valence-corrected chi connectivity index (χ1v) is 7.51. The van der Waals surface area contributed by atoms with Crippen molar-refractivity contribution in [3.05, 3.63) is 35.4 Å². The number of benzene rings is 1. The van der Waals surface area contributed by atoms with Crippen molar-refractivity contribution in [2.24, 2.45) is 0 Å². The van der Waals surface area contributed by atoms with Crippen LogP contribution in [0.5, 0.6) is 0 Å². The maximum absolute atomic E-state index is 12.2.